The molecule has 0 spiro atoms. The van der Waals surface area contributed by atoms with Crippen molar-refractivity contribution < 1.29 is 27.1 Å². The fraction of sp³-hybridized carbons (Fsp3) is 0.300. The van der Waals surface area contributed by atoms with Crippen LogP contribution in [0.3, 0.4) is 0 Å². The highest BCUT2D eigenvalue weighted by atomic mass is 32.2. The summed E-state index contributed by atoms with van der Waals surface area (Å²) < 4.78 is 45.1. The Morgan fingerprint density at radius 3 is 2.28 bits per heavy atom. The molecule has 2 aromatic carbocycles. The lowest BCUT2D eigenvalue weighted by Crippen LogP contribution is -2.49. The zero-order valence-electron chi connectivity index (χ0n) is 15.9. The number of esters is 1. The Kier molecular flexibility index (Phi) is 6.29. The van der Waals surface area contributed by atoms with Gasteiger partial charge >= 0.3 is 5.97 Å². The van der Waals surface area contributed by atoms with E-state index in [1.54, 1.807) is 11.0 Å². The maximum absolute atomic E-state index is 13.2. The molecule has 0 atom stereocenters. The Hall–Kier alpha value is -2.78. The van der Waals surface area contributed by atoms with Crippen molar-refractivity contribution in [3.8, 4) is 0 Å². The highest BCUT2D eigenvalue weighted by Gasteiger charge is 2.29. The van der Waals surface area contributed by atoms with E-state index < -0.39 is 21.8 Å². The smallest absolute Gasteiger partial charge is 0.338 e. The molecule has 3 rings (SSSR count). The van der Waals surface area contributed by atoms with Gasteiger partial charge in [0.2, 0.25) is 15.9 Å². The van der Waals surface area contributed by atoms with Crippen LogP contribution >= 0.6 is 0 Å². The highest BCUT2D eigenvalue weighted by Crippen LogP contribution is 2.19. The van der Waals surface area contributed by atoms with E-state index in [1.165, 1.54) is 53.7 Å². The number of sulfonamides is 1. The van der Waals surface area contributed by atoms with E-state index in [1.807, 2.05) is 0 Å². The fourth-order valence-corrected chi connectivity index (χ4v) is 4.44. The van der Waals surface area contributed by atoms with Crippen LogP contribution < -0.4 is 0 Å². The quantitative estimate of drug-likeness (QED) is 0.691. The molecule has 2 aromatic rings. The Balaban J connectivity index is 1.63. The summed E-state index contributed by atoms with van der Waals surface area (Å²) in [6.45, 7) is 2.50. The first-order valence-electron chi connectivity index (χ1n) is 9.04. The van der Waals surface area contributed by atoms with E-state index in [-0.39, 0.29) is 36.1 Å². The van der Waals surface area contributed by atoms with E-state index in [0.29, 0.717) is 18.7 Å². The minimum Gasteiger partial charge on any atom is -0.457 e. The van der Waals surface area contributed by atoms with Crippen LogP contribution in [0.2, 0.25) is 0 Å². The van der Waals surface area contributed by atoms with E-state index in [0.717, 1.165) is 0 Å². The molecule has 1 heterocycles. The number of amides is 1. The normalized spacial score (nSPS) is 15.2. The van der Waals surface area contributed by atoms with Gasteiger partial charge in [0.25, 0.3) is 0 Å². The first kappa shape index (κ1) is 20.9. The third-order valence-electron chi connectivity index (χ3n) is 4.67. The Bertz CT molecular complexity index is 1000. The number of nitrogens with zero attached hydrogens (tertiary/aromatic N) is 2. The van der Waals surface area contributed by atoms with Crippen molar-refractivity contribution in [3.63, 3.8) is 0 Å². The minimum absolute atomic E-state index is 0.0652. The number of rotatable bonds is 5. The summed E-state index contributed by atoms with van der Waals surface area (Å²) in [4.78, 5) is 25.2. The predicted octanol–water partition coefficient (Wildman–Crippen LogP) is 2.04. The molecule has 0 aliphatic carbocycles. The molecule has 1 fully saturated rings. The molecule has 1 amide bonds. The molecule has 0 saturated carbocycles. The molecule has 154 valence electrons. The summed E-state index contributed by atoms with van der Waals surface area (Å²) in [5.41, 5.74) is 0.712. The zero-order chi connectivity index (χ0) is 21.0. The summed E-state index contributed by atoms with van der Waals surface area (Å²) >= 11 is 0. The van der Waals surface area contributed by atoms with Crippen LogP contribution in [0.4, 0.5) is 4.39 Å². The largest absolute Gasteiger partial charge is 0.457 e. The summed E-state index contributed by atoms with van der Waals surface area (Å²) in [5, 5.41) is 0. The molecule has 9 heteroatoms. The average molecular weight is 420 g/mol. The third kappa shape index (κ3) is 4.99. The van der Waals surface area contributed by atoms with Crippen LogP contribution in [0.15, 0.2) is 53.4 Å². The molecule has 0 aromatic heterocycles. The van der Waals surface area contributed by atoms with Gasteiger partial charge in [-0.05, 0) is 42.0 Å². The molecule has 1 aliphatic rings. The monoisotopic (exact) mass is 420 g/mol. The molecular formula is C20H21FN2O5S. The van der Waals surface area contributed by atoms with Crippen molar-refractivity contribution in [1.29, 1.82) is 0 Å². The number of halogens is 1. The Morgan fingerprint density at radius 1 is 1.03 bits per heavy atom. The van der Waals surface area contributed by atoms with Gasteiger partial charge in [0.15, 0.2) is 0 Å². The first-order chi connectivity index (χ1) is 13.8. The van der Waals surface area contributed by atoms with Crippen molar-refractivity contribution in [2.24, 2.45) is 0 Å². The predicted molar refractivity (Wildman–Crippen MR) is 103 cm³/mol. The van der Waals surface area contributed by atoms with Gasteiger partial charge in [-0.25, -0.2) is 17.6 Å². The van der Waals surface area contributed by atoms with Crippen molar-refractivity contribution in [1.82, 2.24) is 9.21 Å². The molecular weight excluding hydrogens is 399 g/mol. The second-order valence-electron chi connectivity index (χ2n) is 6.64. The number of ether oxygens (including phenoxy) is 1. The molecule has 0 bridgehead atoms. The van der Waals surface area contributed by atoms with Crippen molar-refractivity contribution in [2.75, 3.05) is 26.2 Å². The number of benzene rings is 2. The van der Waals surface area contributed by atoms with Crippen LogP contribution in [0.25, 0.3) is 0 Å². The molecule has 0 unspecified atom stereocenters. The zero-order valence-corrected chi connectivity index (χ0v) is 16.7. The average Bonchev–Trinajstić information content (AvgIpc) is 2.72. The summed E-state index contributed by atoms with van der Waals surface area (Å²) in [5.74, 6) is -1.13. The van der Waals surface area contributed by atoms with E-state index in [9.17, 15) is 22.4 Å². The third-order valence-corrected chi connectivity index (χ3v) is 6.58. The molecule has 1 saturated heterocycles. The van der Waals surface area contributed by atoms with Crippen LogP contribution in [0.5, 0.6) is 0 Å². The van der Waals surface area contributed by atoms with Crippen LogP contribution in [0, 0.1) is 5.82 Å². The number of carbonyl (C=O) groups excluding carboxylic acids is 2. The van der Waals surface area contributed by atoms with Gasteiger partial charge in [-0.1, -0.05) is 12.1 Å². The molecule has 1 aliphatic heterocycles. The SMILES string of the molecule is CC(=O)N1CCN(S(=O)(=O)c2ccc(C(=O)OCc3cccc(F)c3)cc2)CC1. The Labute approximate surface area is 168 Å². The van der Waals surface area contributed by atoms with Gasteiger partial charge in [-0.2, -0.15) is 4.31 Å². The van der Waals surface area contributed by atoms with Gasteiger partial charge in [-0.15, -0.1) is 0 Å². The van der Waals surface area contributed by atoms with Crippen molar-refractivity contribution >= 4 is 21.9 Å². The first-order valence-corrected chi connectivity index (χ1v) is 10.5. The van der Waals surface area contributed by atoms with Crippen molar-refractivity contribution in [2.45, 2.75) is 18.4 Å². The van der Waals surface area contributed by atoms with Gasteiger partial charge in [-0.3, -0.25) is 4.79 Å². The van der Waals surface area contributed by atoms with E-state index in [4.69, 9.17) is 4.74 Å². The van der Waals surface area contributed by atoms with Crippen molar-refractivity contribution in [3.05, 3.63) is 65.5 Å². The van der Waals surface area contributed by atoms with Gasteiger partial charge in [0, 0.05) is 33.1 Å². The van der Waals surface area contributed by atoms with Crippen LogP contribution in [0.1, 0.15) is 22.8 Å². The molecule has 0 radical (unpaired) electrons. The van der Waals surface area contributed by atoms with Gasteiger partial charge in [0.05, 0.1) is 10.5 Å². The topological polar surface area (TPSA) is 84.0 Å². The lowest BCUT2D eigenvalue weighted by molar-refractivity contribution is -0.129. The molecule has 0 N–H and O–H groups in total. The molecule has 7 nitrogen and oxygen atoms in total. The number of hydrogen-bond acceptors (Lipinski definition) is 5. The molecule has 29 heavy (non-hydrogen) atoms. The fourth-order valence-electron chi connectivity index (χ4n) is 3.01. The van der Waals surface area contributed by atoms with Gasteiger partial charge < -0.3 is 9.64 Å². The maximum Gasteiger partial charge on any atom is 0.338 e. The van der Waals surface area contributed by atoms with Gasteiger partial charge in [0.1, 0.15) is 12.4 Å². The summed E-state index contributed by atoms with van der Waals surface area (Å²) in [6, 6.07) is 11.2. The number of piperazine rings is 1. The van der Waals surface area contributed by atoms with E-state index in [2.05, 4.69) is 0 Å². The summed E-state index contributed by atoms with van der Waals surface area (Å²) in [6.07, 6.45) is 0. The van der Waals surface area contributed by atoms with Crippen LogP contribution in [-0.2, 0) is 26.2 Å². The standard InChI is InChI=1S/C20H21FN2O5S/c1-15(24)22-9-11-23(12-10-22)29(26,27)19-7-5-17(6-8-19)20(25)28-14-16-3-2-4-18(21)13-16/h2-8,13H,9-12,14H2,1H3. The summed E-state index contributed by atoms with van der Waals surface area (Å²) in [7, 11) is -3.71. The Morgan fingerprint density at radius 2 is 1.69 bits per heavy atom. The van der Waals surface area contributed by atoms with Crippen LogP contribution in [-0.4, -0.2) is 55.7 Å². The second-order valence-corrected chi connectivity index (χ2v) is 8.58. The maximum atomic E-state index is 13.2. The minimum atomic E-state index is -3.71. The lowest BCUT2D eigenvalue weighted by Gasteiger charge is -2.33. The number of hydrogen-bond donors (Lipinski definition) is 0. The second kappa shape index (κ2) is 8.71. The number of carbonyl (C=O) groups is 2. The lowest BCUT2D eigenvalue weighted by atomic mass is 10.2. The highest BCUT2D eigenvalue weighted by molar-refractivity contribution is 7.89. The van der Waals surface area contributed by atoms with E-state index >= 15 is 0 Å².